The second kappa shape index (κ2) is 6.94. The van der Waals surface area contributed by atoms with Gasteiger partial charge in [-0.15, -0.1) is 0 Å². The van der Waals surface area contributed by atoms with Crippen molar-refractivity contribution < 1.29 is 13.5 Å². The average molecular weight is 318 g/mol. The molecule has 1 saturated heterocycles. The molecule has 0 aromatic carbocycles. The Balaban J connectivity index is 1.90. The first kappa shape index (κ1) is 17.2. The third-order valence-corrected chi connectivity index (χ3v) is 7.14. The molecule has 0 amide bonds. The molecule has 0 bridgehead atoms. The molecule has 124 valence electrons. The number of hydrogen-bond acceptors (Lipinski definition) is 5. The molecule has 2 fully saturated rings. The zero-order valence-electron chi connectivity index (χ0n) is 13.3. The van der Waals surface area contributed by atoms with Crippen molar-refractivity contribution in [1.82, 2.24) is 10.2 Å². The maximum atomic E-state index is 11.6. The molecule has 2 aliphatic rings. The number of likely N-dealkylation sites (N-methyl/N-ethyl adjacent to an activating group) is 1. The Labute approximate surface area is 129 Å². The fraction of sp³-hybridized carbons (Fsp3) is 1.00. The highest BCUT2D eigenvalue weighted by atomic mass is 32.2. The van der Waals surface area contributed by atoms with Crippen LogP contribution < -0.4 is 5.32 Å². The van der Waals surface area contributed by atoms with Gasteiger partial charge < -0.3 is 10.4 Å². The lowest BCUT2D eigenvalue weighted by Crippen LogP contribution is -2.53. The smallest absolute Gasteiger partial charge is 0.153 e. The van der Waals surface area contributed by atoms with Crippen molar-refractivity contribution in [2.24, 2.45) is 5.92 Å². The van der Waals surface area contributed by atoms with E-state index < -0.39 is 9.84 Å². The van der Waals surface area contributed by atoms with Crippen LogP contribution in [0.15, 0.2) is 0 Å². The summed E-state index contributed by atoms with van der Waals surface area (Å²) in [4.78, 5) is 2.30. The van der Waals surface area contributed by atoms with E-state index in [1.54, 1.807) is 0 Å². The van der Waals surface area contributed by atoms with Gasteiger partial charge in [-0.2, -0.15) is 0 Å². The fourth-order valence-corrected chi connectivity index (χ4v) is 5.73. The highest BCUT2D eigenvalue weighted by molar-refractivity contribution is 7.91. The predicted octanol–water partition coefficient (Wildman–Crippen LogP) is 0.636. The minimum atomic E-state index is -2.83. The SMILES string of the molecule is CCNC1(CO)CCCC1CCN1CCS(=O)(=O)CC1C. The van der Waals surface area contributed by atoms with Gasteiger partial charge in [0.05, 0.1) is 18.1 Å². The van der Waals surface area contributed by atoms with Crippen LogP contribution in [-0.4, -0.2) is 67.8 Å². The molecule has 2 rings (SSSR count). The minimum absolute atomic E-state index is 0.111. The van der Waals surface area contributed by atoms with Gasteiger partial charge in [0.2, 0.25) is 0 Å². The van der Waals surface area contributed by atoms with Crippen LogP contribution in [0.4, 0.5) is 0 Å². The molecule has 21 heavy (non-hydrogen) atoms. The molecular weight excluding hydrogens is 288 g/mol. The summed E-state index contributed by atoms with van der Waals surface area (Å²) in [6.45, 7) is 6.78. The molecule has 0 radical (unpaired) electrons. The van der Waals surface area contributed by atoms with Crippen LogP contribution in [0.1, 0.15) is 39.5 Å². The van der Waals surface area contributed by atoms with E-state index in [2.05, 4.69) is 17.1 Å². The van der Waals surface area contributed by atoms with E-state index >= 15 is 0 Å². The second-order valence-electron chi connectivity index (χ2n) is 6.72. The van der Waals surface area contributed by atoms with Crippen molar-refractivity contribution in [3.8, 4) is 0 Å². The number of sulfone groups is 1. The fourth-order valence-electron chi connectivity index (χ4n) is 4.10. The average Bonchev–Trinajstić information content (AvgIpc) is 2.81. The zero-order valence-corrected chi connectivity index (χ0v) is 14.2. The Morgan fingerprint density at radius 2 is 2.19 bits per heavy atom. The van der Waals surface area contributed by atoms with Gasteiger partial charge >= 0.3 is 0 Å². The third kappa shape index (κ3) is 3.97. The first-order valence-corrected chi connectivity index (χ1v) is 10.0. The van der Waals surface area contributed by atoms with Gasteiger partial charge in [0.15, 0.2) is 9.84 Å². The molecule has 1 heterocycles. The number of rotatable bonds is 6. The van der Waals surface area contributed by atoms with Gasteiger partial charge in [-0.3, -0.25) is 4.90 Å². The summed E-state index contributed by atoms with van der Waals surface area (Å²) < 4.78 is 23.3. The Kier molecular flexibility index (Phi) is 5.68. The van der Waals surface area contributed by atoms with Crippen LogP contribution in [0.3, 0.4) is 0 Å². The molecule has 1 aliphatic heterocycles. The summed E-state index contributed by atoms with van der Waals surface area (Å²) in [6.07, 6.45) is 4.42. The monoisotopic (exact) mass is 318 g/mol. The maximum Gasteiger partial charge on any atom is 0.153 e. The van der Waals surface area contributed by atoms with Crippen molar-refractivity contribution in [2.75, 3.05) is 37.7 Å². The van der Waals surface area contributed by atoms with Crippen LogP contribution in [0.2, 0.25) is 0 Å². The maximum absolute atomic E-state index is 11.6. The van der Waals surface area contributed by atoms with Gasteiger partial charge in [0.1, 0.15) is 0 Å². The first-order valence-electron chi connectivity index (χ1n) is 8.23. The summed E-state index contributed by atoms with van der Waals surface area (Å²) >= 11 is 0. The lowest BCUT2D eigenvalue weighted by molar-refractivity contribution is 0.109. The second-order valence-corrected chi connectivity index (χ2v) is 8.95. The van der Waals surface area contributed by atoms with Gasteiger partial charge in [0, 0.05) is 18.1 Å². The molecule has 0 aromatic rings. The van der Waals surface area contributed by atoms with E-state index in [1.807, 2.05) is 6.92 Å². The molecule has 0 aromatic heterocycles. The van der Waals surface area contributed by atoms with E-state index in [1.165, 1.54) is 6.42 Å². The molecule has 5 nitrogen and oxygen atoms in total. The van der Waals surface area contributed by atoms with Crippen molar-refractivity contribution in [3.63, 3.8) is 0 Å². The summed E-state index contributed by atoms with van der Waals surface area (Å²) in [6, 6.07) is 0.118. The van der Waals surface area contributed by atoms with E-state index in [0.29, 0.717) is 18.2 Å². The molecule has 3 unspecified atom stereocenters. The minimum Gasteiger partial charge on any atom is -0.394 e. The molecule has 3 atom stereocenters. The molecule has 1 saturated carbocycles. The van der Waals surface area contributed by atoms with Crippen molar-refractivity contribution in [1.29, 1.82) is 0 Å². The van der Waals surface area contributed by atoms with E-state index in [-0.39, 0.29) is 23.9 Å². The topological polar surface area (TPSA) is 69.6 Å². The van der Waals surface area contributed by atoms with Crippen molar-refractivity contribution in [2.45, 2.75) is 51.1 Å². The Hall–Kier alpha value is -0.170. The number of aliphatic hydroxyl groups is 1. The largest absolute Gasteiger partial charge is 0.394 e. The lowest BCUT2D eigenvalue weighted by atomic mass is 9.85. The van der Waals surface area contributed by atoms with Crippen LogP contribution in [0.25, 0.3) is 0 Å². The summed E-state index contributed by atoms with van der Waals surface area (Å²) in [5.74, 6) is 1.07. The molecule has 1 aliphatic carbocycles. The zero-order chi connectivity index (χ0) is 15.5. The van der Waals surface area contributed by atoms with Crippen molar-refractivity contribution in [3.05, 3.63) is 0 Å². The number of hydrogen-bond donors (Lipinski definition) is 2. The quantitative estimate of drug-likeness (QED) is 0.752. The van der Waals surface area contributed by atoms with Crippen LogP contribution in [-0.2, 0) is 9.84 Å². The first-order chi connectivity index (χ1) is 9.92. The molecule has 0 spiro atoms. The highest BCUT2D eigenvalue weighted by Crippen LogP contribution is 2.38. The number of nitrogens with one attached hydrogen (secondary N) is 1. The number of nitrogens with zero attached hydrogens (tertiary/aromatic N) is 1. The summed E-state index contributed by atoms with van der Waals surface area (Å²) in [5, 5.41) is 13.3. The Morgan fingerprint density at radius 1 is 1.43 bits per heavy atom. The van der Waals surface area contributed by atoms with Crippen LogP contribution in [0, 0.1) is 5.92 Å². The normalized spacial score (nSPS) is 36.9. The van der Waals surface area contributed by atoms with E-state index in [4.69, 9.17) is 0 Å². The highest BCUT2D eigenvalue weighted by Gasteiger charge is 2.41. The van der Waals surface area contributed by atoms with Crippen molar-refractivity contribution >= 4 is 9.84 Å². The standard InChI is InChI=1S/C15H30N2O3S/c1-3-16-15(12-18)7-4-5-14(15)6-8-17-9-10-21(19,20)11-13(17)2/h13-14,16,18H,3-12H2,1-2H3. The van der Waals surface area contributed by atoms with Gasteiger partial charge in [-0.05, 0) is 45.2 Å². The summed E-state index contributed by atoms with van der Waals surface area (Å²) in [5.41, 5.74) is -0.111. The Bertz CT molecular complexity index is 440. The number of aliphatic hydroxyl groups excluding tert-OH is 1. The van der Waals surface area contributed by atoms with Crippen LogP contribution in [0.5, 0.6) is 0 Å². The van der Waals surface area contributed by atoms with E-state index in [9.17, 15) is 13.5 Å². The molecular formula is C15H30N2O3S. The third-order valence-electron chi connectivity index (χ3n) is 5.34. The van der Waals surface area contributed by atoms with Gasteiger partial charge in [-0.1, -0.05) is 13.3 Å². The predicted molar refractivity (Wildman–Crippen MR) is 85.1 cm³/mol. The lowest BCUT2D eigenvalue weighted by Gasteiger charge is -2.38. The Morgan fingerprint density at radius 3 is 2.81 bits per heavy atom. The van der Waals surface area contributed by atoms with E-state index in [0.717, 1.165) is 32.4 Å². The summed E-state index contributed by atoms with van der Waals surface area (Å²) in [7, 11) is -2.83. The molecule has 6 heteroatoms. The van der Waals surface area contributed by atoms with Gasteiger partial charge in [-0.25, -0.2) is 8.42 Å². The van der Waals surface area contributed by atoms with Crippen LogP contribution >= 0.6 is 0 Å². The molecule has 2 N–H and O–H groups in total. The van der Waals surface area contributed by atoms with Gasteiger partial charge in [0.25, 0.3) is 0 Å².